The zero-order chi connectivity index (χ0) is 8.81. The molecular weight excluding hydrogens is 150 g/mol. The SMILES string of the molecule is N/C=C\Nc1ccc(CN)cc1. The highest BCUT2D eigenvalue weighted by Crippen LogP contribution is 2.08. The largest absolute Gasteiger partial charge is 0.403 e. The number of benzene rings is 1. The summed E-state index contributed by atoms with van der Waals surface area (Å²) in [6, 6.07) is 7.88. The average Bonchev–Trinajstić information content (AvgIpc) is 2.15. The zero-order valence-electron chi connectivity index (χ0n) is 6.83. The molecule has 3 nitrogen and oxygen atoms in total. The first-order chi connectivity index (χ1) is 5.86. The molecule has 0 heterocycles. The lowest BCUT2D eigenvalue weighted by atomic mass is 10.2. The Balaban J connectivity index is 2.64. The van der Waals surface area contributed by atoms with Crippen LogP contribution in [0.3, 0.4) is 0 Å². The summed E-state index contributed by atoms with van der Waals surface area (Å²) in [6.07, 6.45) is 3.13. The molecule has 0 unspecified atom stereocenters. The van der Waals surface area contributed by atoms with Crippen LogP contribution in [0.2, 0.25) is 0 Å². The first kappa shape index (κ1) is 8.62. The van der Waals surface area contributed by atoms with Crippen molar-refractivity contribution in [2.45, 2.75) is 6.54 Å². The first-order valence-electron chi connectivity index (χ1n) is 3.79. The van der Waals surface area contributed by atoms with Gasteiger partial charge in [0.05, 0.1) is 0 Å². The van der Waals surface area contributed by atoms with Crippen LogP contribution >= 0.6 is 0 Å². The second-order valence-corrected chi connectivity index (χ2v) is 2.40. The number of nitrogens with one attached hydrogen (secondary N) is 1. The maximum Gasteiger partial charge on any atom is 0.0380 e. The highest BCUT2D eigenvalue weighted by molar-refractivity contribution is 5.46. The summed E-state index contributed by atoms with van der Waals surface area (Å²) < 4.78 is 0. The van der Waals surface area contributed by atoms with Crippen LogP contribution in [-0.4, -0.2) is 0 Å². The molecule has 0 spiro atoms. The quantitative estimate of drug-likeness (QED) is 0.622. The van der Waals surface area contributed by atoms with Gasteiger partial charge in [0.1, 0.15) is 0 Å². The second-order valence-electron chi connectivity index (χ2n) is 2.40. The van der Waals surface area contributed by atoms with Crippen molar-refractivity contribution in [3.8, 4) is 0 Å². The molecule has 0 atom stereocenters. The van der Waals surface area contributed by atoms with Crippen molar-refractivity contribution in [2.24, 2.45) is 11.5 Å². The summed E-state index contributed by atoms with van der Waals surface area (Å²) >= 11 is 0. The van der Waals surface area contributed by atoms with Gasteiger partial charge in [-0.3, -0.25) is 0 Å². The molecule has 0 saturated carbocycles. The molecule has 0 amide bonds. The van der Waals surface area contributed by atoms with Crippen LogP contribution in [0.1, 0.15) is 5.56 Å². The van der Waals surface area contributed by atoms with Crippen molar-refractivity contribution in [1.29, 1.82) is 0 Å². The molecule has 1 rings (SSSR count). The van der Waals surface area contributed by atoms with E-state index in [1.54, 1.807) is 6.20 Å². The number of hydrogen-bond acceptors (Lipinski definition) is 3. The predicted molar refractivity (Wildman–Crippen MR) is 51.3 cm³/mol. The Morgan fingerprint density at radius 3 is 2.42 bits per heavy atom. The molecule has 0 aliphatic heterocycles. The van der Waals surface area contributed by atoms with E-state index in [0.717, 1.165) is 11.3 Å². The summed E-state index contributed by atoms with van der Waals surface area (Å²) in [5.74, 6) is 0. The number of rotatable bonds is 3. The lowest BCUT2D eigenvalue weighted by Gasteiger charge is -2.00. The molecule has 0 saturated heterocycles. The van der Waals surface area contributed by atoms with Crippen molar-refractivity contribution in [3.63, 3.8) is 0 Å². The van der Waals surface area contributed by atoms with E-state index in [4.69, 9.17) is 11.5 Å². The van der Waals surface area contributed by atoms with Crippen molar-refractivity contribution in [2.75, 3.05) is 5.32 Å². The van der Waals surface area contributed by atoms with Crippen molar-refractivity contribution < 1.29 is 0 Å². The normalized spacial score (nSPS) is 10.4. The van der Waals surface area contributed by atoms with E-state index >= 15 is 0 Å². The Bertz CT molecular complexity index is 251. The molecular formula is C9H13N3. The van der Waals surface area contributed by atoms with Gasteiger partial charge in [0.25, 0.3) is 0 Å². The molecule has 0 fully saturated rings. The van der Waals surface area contributed by atoms with Gasteiger partial charge in [-0.1, -0.05) is 12.1 Å². The van der Waals surface area contributed by atoms with E-state index in [1.165, 1.54) is 6.20 Å². The Labute approximate surface area is 72.1 Å². The molecule has 0 aromatic heterocycles. The molecule has 1 aromatic rings. The maximum absolute atomic E-state index is 5.45. The van der Waals surface area contributed by atoms with Crippen LogP contribution < -0.4 is 16.8 Å². The van der Waals surface area contributed by atoms with Gasteiger partial charge in [0.2, 0.25) is 0 Å². The monoisotopic (exact) mass is 163 g/mol. The van der Waals surface area contributed by atoms with Gasteiger partial charge in [-0.15, -0.1) is 0 Å². The summed E-state index contributed by atoms with van der Waals surface area (Å²) in [5, 5.41) is 3.00. The van der Waals surface area contributed by atoms with E-state index in [9.17, 15) is 0 Å². The maximum atomic E-state index is 5.45. The predicted octanol–water partition coefficient (Wildman–Crippen LogP) is 0.987. The lowest BCUT2D eigenvalue weighted by molar-refractivity contribution is 1.07. The smallest absolute Gasteiger partial charge is 0.0380 e. The average molecular weight is 163 g/mol. The van der Waals surface area contributed by atoms with E-state index < -0.39 is 0 Å². The van der Waals surface area contributed by atoms with Crippen LogP contribution in [0.5, 0.6) is 0 Å². The van der Waals surface area contributed by atoms with Crippen LogP contribution in [0.4, 0.5) is 5.69 Å². The Morgan fingerprint density at radius 1 is 1.25 bits per heavy atom. The fourth-order valence-electron chi connectivity index (χ4n) is 0.881. The molecule has 64 valence electrons. The molecule has 1 aromatic carbocycles. The standard InChI is InChI=1S/C9H13N3/c10-5-6-12-9-3-1-8(7-11)2-4-9/h1-6,12H,7,10-11H2/b6-5-. The number of anilines is 1. The topological polar surface area (TPSA) is 64.1 Å². The molecule has 12 heavy (non-hydrogen) atoms. The van der Waals surface area contributed by atoms with Crippen LogP contribution in [0.15, 0.2) is 36.7 Å². The fraction of sp³-hybridized carbons (Fsp3) is 0.111. The third-order valence-electron chi connectivity index (χ3n) is 1.54. The lowest BCUT2D eigenvalue weighted by Crippen LogP contribution is -1.96. The first-order valence-corrected chi connectivity index (χ1v) is 3.79. The van der Waals surface area contributed by atoms with E-state index in [0.29, 0.717) is 6.54 Å². The molecule has 0 radical (unpaired) electrons. The Hall–Kier alpha value is -1.48. The third kappa shape index (κ3) is 2.29. The number of nitrogens with two attached hydrogens (primary N) is 2. The second kappa shape index (κ2) is 4.41. The van der Waals surface area contributed by atoms with Crippen LogP contribution in [-0.2, 0) is 6.54 Å². The van der Waals surface area contributed by atoms with E-state index in [-0.39, 0.29) is 0 Å². The van der Waals surface area contributed by atoms with Gasteiger partial charge in [-0.05, 0) is 17.7 Å². The molecule has 3 heteroatoms. The summed E-state index contributed by atoms with van der Waals surface area (Å²) in [4.78, 5) is 0. The Kier molecular flexibility index (Phi) is 3.17. The van der Waals surface area contributed by atoms with Gasteiger partial charge in [-0.25, -0.2) is 0 Å². The van der Waals surface area contributed by atoms with Crippen molar-refractivity contribution >= 4 is 5.69 Å². The van der Waals surface area contributed by atoms with Gasteiger partial charge in [0, 0.05) is 24.6 Å². The van der Waals surface area contributed by atoms with Gasteiger partial charge >= 0.3 is 0 Å². The molecule has 0 bridgehead atoms. The summed E-state index contributed by atoms with van der Waals surface area (Å²) in [7, 11) is 0. The summed E-state index contributed by atoms with van der Waals surface area (Å²) in [6.45, 7) is 0.576. The minimum absolute atomic E-state index is 0.576. The minimum atomic E-state index is 0.576. The molecule has 0 aliphatic carbocycles. The summed E-state index contributed by atoms with van der Waals surface area (Å²) in [5.41, 5.74) is 12.7. The van der Waals surface area contributed by atoms with Gasteiger partial charge < -0.3 is 16.8 Å². The molecule has 0 aliphatic rings. The minimum Gasteiger partial charge on any atom is -0.403 e. The third-order valence-corrected chi connectivity index (χ3v) is 1.54. The van der Waals surface area contributed by atoms with E-state index in [2.05, 4.69) is 5.32 Å². The van der Waals surface area contributed by atoms with E-state index in [1.807, 2.05) is 24.3 Å². The van der Waals surface area contributed by atoms with Crippen molar-refractivity contribution in [1.82, 2.24) is 0 Å². The van der Waals surface area contributed by atoms with Gasteiger partial charge in [0.15, 0.2) is 0 Å². The van der Waals surface area contributed by atoms with Crippen LogP contribution in [0.25, 0.3) is 0 Å². The number of hydrogen-bond donors (Lipinski definition) is 3. The van der Waals surface area contributed by atoms with Gasteiger partial charge in [-0.2, -0.15) is 0 Å². The highest BCUT2D eigenvalue weighted by Gasteiger charge is 1.88. The fourth-order valence-corrected chi connectivity index (χ4v) is 0.881. The van der Waals surface area contributed by atoms with Crippen molar-refractivity contribution in [3.05, 3.63) is 42.2 Å². The molecule has 5 N–H and O–H groups in total. The zero-order valence-corrected chi connectivity index (χ0v) is 6.83. The highest BCUT2D eigenvalue weighted by atomic mass is 14.8. The van der Waals surface area contributed by atoms with Crippen LogP contribution in [0, 0.1) is 0 Å². The Morgan fingerprint density at radius 2 is 1.92 bits per heavy atom.